The van der Waals surface area contributed by atoms with Crippen LogP contribution >= 0.6 is 0 Å². The minimum absolute atomic E-state index is 1.19. The maximum absolute atomic E-state index is 2.44. The van der Waals surface area contributed by atoms with Crippen molar-refractivity contribution in [2.75, 3.05) is 0 Å². The van der Waals surface area contributed by atoms with E-state index in [2.05, 4.69) is 120 Å². The molecule has 1 nitrogen and oxygen atoms in total. The molecule has 144 valence electrons. The second-order valence-electron chi connectivity index (χ2n) is 8.17. The maximum atomic E-state index is 2.44. The molecular formula is C30H19N. The predicted octanol–water partition coefficient (Wildman–Crippen LogP) is 8.24. The zero-order valence-electron chi connectivity index (χ0n) is 16.9. The van der Waals surface area contributed by atoms with Crippen LogP contribution in [0.25, 0.3) is 59.8 Å². The van der Waals surface area contributed by atoms with Crippen LogP contribution in [0, 0.1) is 0 Å². The number of benzene rings is 6. The Labute approximate surface area is 179 Å². The van der Waals surface area contributed by atoms with Gasteiger partial charge in [-0.3, -0.25) is 0 Å². The van der Waals surface area contributed by atoms with Gasteiger partial charge in [-0.2, -0.15) is 0 Å². The molecule has 0 aliphatic heterocycles. The van der Waals surface area contributed by atoms with Gasteiger partial charge in [0.2, 0.25) is 0 Å². The molecule has 0 saturated heterocycles. The molecule has 7 rings (SSSR count). The summed E-state index contributed by atoms with van der Waals surface area (Å²) in [7, 11) is 0. The molecule has 0 amide bonds. The lowest BCUT2D eigenvalue weighted by Crippen LogP contribution is -1.94. The Kier molecular flexibility index (Phi) is 3.33. The third-order valence-electron chi connectivity index (χ3n) is 6.54. The molecule has 1 aromatic heterocycles. The summed E-state index contributed by atoms with van der Waals surface area (Å²) in [5.41, 5.74) is 3.72. The van der Waals surface area contributed by atoms with E-state index in [1.54, 1.807) is 0 Å². The summed E-state index contributed by atoms with van der Waals surface area (Å²) < 4.78 is 2.44. The van der Waals surface area contributed by atoms with Gasteiger partial charge in [0.15, 0.2) is 0 Å². The van der Waals surface area contributed by atoms with E-state index in [1.807, 2.05) is 0 Å². The highest BCUT2D eigenvalue weighted by Gasteiger charge is 2.19. The number of para-hydroxylation sites is 2. The van der Waals surface area contributed by atoms with Crippen LogP contribution in [0.3, 0.4) is 0 Å². The van der Waals surface area contributed by atoms with E-state index in [1.165, 1.54) is 59.8 Å². The summed E-state index contributed by atoms with van der Waals surface area (Å²) in [6, 6.07) is 41.7. The summed E-state index contributed by atoms with van der Waals surface area (Å²) in [6.07, 6.45) is 0. The van der Waals surface area contributed by atoms with Crippen LogP contribution in [0.15, 0.2) is 115 Å². The van der Waals surface area contributed by atoms with Gasteiger partial charge in [-0.25, -0.2) is 0 Å². The molecule has 7 aromatic rings. The zero-order chi connectivity index (χ0) is 20.4. The molecule has 0 radical (unpaired) electrons. The van der Waals surface area contributed by atoms with Gasteiger partial charge in [-0.05, 0) is 45.1 Å². The number of hydrogen-bond donors (Lipinski definition) is 0. The van der Waals surface area contributed by atoms with Crippen molar-refractivity contribution in [1.29, 1.82) is 0 Å². The topological polar surface area (TPSA) is 4.93 Å². The summed E-state index contributed by atoms with van der Waals surface area (Å²) in [5, 5.41) is 10.5. The van der Waals surface area contributed by atoms with Gasteiger partial charge in [0.25, 0.3) is 0 Å². The highest BCUT2D eigenvalue weighted by atomic mass is 15.0. The Morgan fingerprint density at radius 3 is 1.81 bits per heavy atom. The van der Waals surface area contributed by atoms with Gasteiger partial charge in [-0.1, -0.05) is 97.1 Å². The SMILES string of the molecule is c1ccc(-n2c3ccccc3c3c4ccccc4c4c5ccccc5ccc4c32)cc1. The van der Waals surface area contributed by atoms with Crippen molar-refractivity contribution in [1.82, 2.24) is 4.57 Å². The Hall–Kier alpha value is -4.10. The van der Waals surface area contributed by atoms with Crippen molar-refractivity contribution in [2.24, 2.45) is 0 Å². The normalized spacial score (nSPS) is 11.9. The van der Waals surface area contributed by atoms with Crippen molar-refractivity contribution >= 4 is 54.1 Å². The van der Waals surface area contributed by atoms with Crippen LogP contribution in [-0.2, 0) is 0 Å². The van der Waals surface area contributed by atoms with Gasteiger partial charge >= 0.3 is 0 Å². The fourth-order valence-corrected chi connectivity index (χ4v) is 5.29. The average Bonchev–Trinajstić information content (AvgIpc) is 3.20. The van der Waals surface area contributed by atoms with Gasteiger partial charge in [-0.15, -0.1) is 0 Å². The summed E-state index contributed by atoms with van der Waals surface area (Å²) >= 11 is 0. The predicted molar refractivity (Wildman–Crippen MR) is 133 cm³/mol. The van der Waals surface area contributed by atoms with Crippen LogP contribution in [0.5, 0.6) is 0 Å². The lowest BCUT2D eigenvalue weighted by atomic mass is 9.93. The molecule has 0 aliphatic rings. The van der Waals surface area contributed by atoms with E-state index in [0.29, 0.717) is 0 Å². The molecule has 6 aromatic carbocycles. The van der Waals surface area contributed by atoms with Crippen molar-refractivity contribution in [3.63, 3.8) is 0 Å². The largest absolute Gasteiger partial charge is 0.309 e. The molecule has 0 saturated carbocycles. The van der Waals surface area contributed by atoms with E-state index in [9.17, 15) is 0 Å². The lowest BCUT2D eigenvalue weighted by Gasteiger charge is -2.14. The van der Waals surface area contributed by atoms with Crippen molar-refractivity contribution in [3.8, 4) is 5.69 Å². The quantitative estimate of drug-likeness (QED) is 0.247. The maximum Gasteiger partial charge on any atom is 0.0626 e. The Bertz CT molecular complexity index is 1770. The first-order valence-electron chi connectivity index (χ1n) is 10.7. The zero-order valence-corrected chi connectivity index (χ0v) is 16.9. The molecule has 1 heterocycles. The van der Waals surface area contributed by atoms with Crippen LogP contribution in [0.2, 0.25) is 0 Å². The fourth-order valence-electron chi connectivity index (χ4n) is 5.29. The molecule has 31 heavy (non-hydrogen) atoms. The second kappa shape index (κ2) is 6.20. The first kappa shape index (κ1) is 16.7. The fraction of sp³-hybridized carbons (Fsp3) is 0. The van der Waals surface area contributed by atoms with Crippen LogP contribution in [0.4, 0.5) is 0 Å². The molecule has 0 unspecified atom stereocenters. The highest BCUT2D eigenvalue weighted by molar-refractivity contribution is 6.35. The summed E-state index contributed by atoms with van der Waals surface area (Å²) in [6.45, 7) is 0. The summed E-state index contributed by atoms with van der Waals surface area (Å²) in [4.78, 5) is 0. The van der Waals surface area contributed by atoms with Crippen molar-refractivity contribution in [3.05, 3.63) is 115 Å². The lowest BCUT2D eigenvalue weighted by molar-refractivity contribution is 1.19. The Morgan fingerprint density at radius 1 is 0.387 bits per heavy atom. The van der Waals surface area contributed by atoms with Gasteiger partial charge in [0.05, 0.1) is 11.0 Å². The van der Waals surface area contributed by atoms with E-state index >= 15 is 0 Å². The van der Waals surface area contributed by atoms with E-state index in [0.717, 1.165) is 0 Å². The molecule has 0 N–H and O–H groups in total. The van der Waals surface area contributed by atoms with E-state index in [-0.39, 0.29) is 0 Å². The molecule has 0 spiro atoms. The minimum Gasteiger partial charge on any atom is -0.309 e. The third-order valence-corrected chi connectivity index (χ3v) is 6.54. The molecular weight excluding hydrogens is 374 g/mol. The first-order valence-corrected chi connectivity index (χ1v) is 10.7. The first-order chi connectivity index (χ1) is 15.4. The minimum atomic E-state index is 1.19. The smallest absolute Gasteiger partial charge is 0.0626 e. The van der Waals surface area contributed by atoms with Crippen LogP contribution in [-0.4, -0.2) is 4.57 Å². The average molecular weight is 393 g/mol. The Balaban J connectivity index is 1.89. The monoisotopic (exact) mass is 393 g/mol. The van der Waals surface area contributed by atoms with Gasteiger partial charge in [0, 0.05) is 21.8 Å². The van der Waals surface area contributed by atoms with Gasteiger partial charge in [0.1, 0.15) is 0 Å². The molecule has 0 bridgehead atoms. The summed E-state index contributed by atoms with van der Waals surface area (Å²) in [5.74, 6) is 0. The number of aromatic nitrogens is 1. The standard InChI is InChI=1S/C30H19N/c1-2-11-21(12-3-1)31-27-17-9-8-16-25(27)29-24-15-7-6-14-23(24)28-22-13-5-4-10-20(22)18-19-26(28)30(29)31/h1-19H. The third kappa shape index (κ3) is 2.21. The van der Waals surface area contributed by atoms with E-state index < -0.39 is 0 Å². The molecule has 1 heteroatoms. The molecule has 0 fully saturated rings. The van der Waals surface area contributed by atoms with Crippen molar-refractivity contribution in [2.45, 2.75) is 0 Å². The number of rotatable bonds is 1. The van der Waals surface area contributed by atoms with Crippen LogP contribution < -0.4 is 0 Å². The van der Waals surface area contributed by atoms with E-state index in [4.69, 9.17) is 0 Å². The number of nitrogens with zero attached hydrogens (tertiary/aromatic N) is 1. The van der Waals surface area contributed by atoms with Gasteiger partial charge < -0.3 is 4.57 Å². The number of hydrogen-bond acceptors (Lipinski definition) is 0. The molecule has 0 aliphatic carbocycles. The highest BCUT2D eigenvalue weighted by Crippen LogP contribution is 2.44. The number of fused-ring (bicyclic) bond motifs is 10. The van der Waals surface area contributed by atoms with Crippen molar-refractivity contribution < 1.29 is 0 Å². The van der Waals surface area contributed by atoms with Crippen LogP contribution in [0.1, 0.15) is 0 Å². The second-order valence-corrected chi connectivity index (χ2v) is 8.17. The molecule has 0 atom stereocenters. The Morgan fingerprint density at radius 2 is 1.00 bits per heavy atom.